The highest BCUT2D eigenvalue weighted by Crippen LogP contribution is 2.11. The van der Waals surface area contributed by atoms with Gasteiger partial charge in [0.05, 0.1) is 6.61 Å². The maximum absolute atomic E-state index is 10.1. The predicted molar refractivity (Wildman–Crippen MR) is 83.3 cm³/mol. The van der Waals surface area contributed by atoms with Gasteiger partial charge >= 0.3 is 6.47 Å². The van der Waals surface area contributed by atoms with Crippen LogP contribution in [0.3, 0.4) is 0 Å². The van der Waals surface area contributed by atoms with E-state index in [1.54, 1.807) is 0 Å². The number of ether oxygens (including phenoxy) is 2. The van der Waals surface area contributed by atoms with Gasteiger partial charge in [-0.2, -0.15) is 0 Å². The summed E-state index contributed by atoms with van der Waals surface area (Å²) in [7, 11) is 0. The van der Waals surface area contributed by atoms with Crippen LogP contribution in [0.1, 0.15) is 90.9 Å². The molecule has 0 saturated carbocycles. The molecule has 0 amide bonds. The summed E-state index contributed by atoms with van der Waals surface area (Å²) in [6.07, 6.45) is 14.9. The normalized spacial score (nSPS) is 12.3. The first-order chi connectivity index (χ1) is 9.85. The van der Waals surface area contributed by atoms with E-state index in [0.29, 0.717) is 13.0 Å². The Hall–Kier alpha value is -0.570. The van der Waals surface area contributed by atoms with Crippen molar-refractivity contribution in [2.75, 3.05) is 6.61 Å². The highest BCUT2D eigenvalue weighted by molar-refractivity contribution is 5.38. The molecular weight excluding hydrogens is 252 g/mol. The van der Waals surface area contributed by atoms with Crippen molar-refractivity contribution in [1.82, 2.24) is 0 Å². The van der Waals surface area contributed by atoms with Crippen molar-refractivity contribution in [2.45, 2.75) is 97.2 Å². The molecule has 0 aliphatic heterocycles. The van der Waals surface area contributed by atoms with E-state index in [-0.39, 0.29) is 0 Å². The summed E-state index contributed by atoms with van der Waals surface area (Å²) in [4.78, 5) is 10.1. The Morgan fingerprint density at radius 3 is 1.75 bits per heavy atom. The van der Waals surface area contributed by atoms with Gasteiger partial charge in [0.1, 0.15) is 0 Å². The molecule has 0 fully saturated rings. The van der Waals surface area contributed by atoms with E-state index in [1.807, 2.05) is 6.92 Å². The van der Waals surface area contributed by atoms with Gasteiger partial charge in [0, 0.05) is 6.42 Å². The second-order valence-corrected chi connectivity index (χ2v) is 5.45. The van der Waals surface area contributed by atoms with Crippen LogP contribution in [0.25, 0.3) is 0 Å². The lowest BCUT2D eigenvalue weighted by molar-refractivity contribution is -0.0914. The van der Waals surface area contributed by atoms with Crippen LogP contribution in [0.5, 0.6) is 0 Å². The summed E-state index contributed by atoms with van der Waals surface area (Å²) in [5.74, 6) is 0. The monoisotopic (exact) mass is 285 g/mol. The standard InChI is InChI=1S/C17H33O3/c1-3-5-6-7-8-9-10-11-12-13-14-15-19-17(4-2)20-16-18/h17H,3-15H2,1-2H3. The highest BCUT2D eigenvalue weighted by Gasteiger charge is 2.05. The molecule has 0 bridgehead atoms. The number of rotatable bonds is 16. The Morgan fingerprint density at radius 1 is 0.800 bits per heavy atom. The quantitative estimate of drug-likeness (QED) is 0.291. The molecule has 0 aromatic rings. The van der Waals surface area contributed by atoms with Crippen molar-refractivity contribution in [3.8, 4) is 0 Å². The molecule has 0 spiro atoms. The van der Waals surface area contributed by atoms with Crippen LogP contribution in [0.4, 0.5) is 0 Å². The van der Waals surface area contributed by atoms with Gasteiger partial charge in [-0.3, -0.25) is 0 Å². The van der Waals surface area contributed by atoms with E-state index < -0.39 is 6.29 Å². The molecule has 20 heavy (non-hydrogen) atoms. The van der Waals surface area contributed by atoms with Gasteiger partial charge in [-0.05, 0) is 6.42 Å². The number of carbonyl (C=O) groups excluding carboxylic acids is 1. The first-order valence-corrected chi connectivity index (χ1v) is 8.49. The van der Waals surface area contributed by atoms with Gasteiger partial charge < -0.3 is 9.47 Å². The first kappa shape index (κ1) is 19.4. The summed E-state index contributed by atoms with van der Waals surface area (Å²) in [6, 6.07) is 0. The van der Waals surface area contributed by atoms with E-state index in [2.05, 4.69) is 11.7 Å². The van der Waals surface area contributed by atoms with E-state index in [1.165, 1.54) is 70.7 Å². The first-order valence-electron chi connectivity index (χ1n) is 8.49. The van der Waals surface area contributed by atoms with Crippen LogP contribution in [-0.2, 0) is 14.3 Å². The lowest BCUT2D eigenvalue weighted by Crippen LogP contribution is -2.15. The van der Waals surface area contributed by atoms with Gasteiger partial charge in [-0.1, -0.05) is 78.1 Å². The molecule has 0 N–H and O–H groups in total. The lowest BCUT2D eigenvalue weighted by Gasteiger charge is -2.12. The molecule has 1 unspecified atom stereocenters. The van der Waals surface area contributed by atoms with Gasteiger partial charge in [0.15, 0.2) is 0 Å². The topological polar surface area (TPSA) is 35.5 Å². The Balaban J connectivity index is 3.11. The van der Waals surface area contributed by atoms with Crippen LogP contribution in [0.2, 0.25) is 0 Å². The molecule has 3 heteroatoms. The fourth-order valence-electron chi connectivity index (χ4n) is 2.27. The summed E-state index contributed by atoms with van der Waals surface area (Å²) >= 11 is 0. The van der Waals surface area contributed by atoms with Gasteiger partial charge in [0.2, 0.25) is 6.29 Å². The summed E-state index contributed by atoms with van der Waals surface area (Å²) in [5.41, 5.74) is 0. The molecule has 0 aliphatic rings. The smallest absolute Gasteiger partial charge is 0.419 e. The van der Waals surface area contributed by atoms with E-state index in [9.17, 15) is 4.79 Å². The minimum Gasteiger partial charge on any atom is -0.427 e. The van der Waals surface area contributed by atoms with E-state index in [0.717, 1.165) is 6.42 Å². The van der Waals surface area contributed by atoms with Crippen molar-refractivity contribution in [1.29, 1.82) is 0 Å². The van der Waals surface area contributed by atoms with Gasteiger partial charge in [-0.15, -0.1) is 0 Å². The predicted octanol–water partition coefficient (Wildman–Crippen LogP) is 5.13. The number of hydrogen-bond donors (Lipinski definition) is 0. The molecule has 0 heterocycles. The highest BCUT2D eigenvalue weighted by atomic mass is 16.7. The van der Waals surface area contributed by atoms with Crippen LogP contribution < -0.4 is 0 Å². The van der Waals surface area contributed by atoms with Crippen LogP contribution in [-0.4, -0.2) is 19.4 Å². The molecular formula is C17H33O3. The SMILES string of the molecule is CCCCCCCCCCCCCOC(CC)O[C]=O. The van der Waals surface area contributed by atoms with Crippen molar-refractivity contribution >= 4 is 6.47 Å². The second-order valence-electron chi connectivity index (χ2n) is 5.45. The van der Waals surface area contributed by atoms with Crippen LogP contribution >= 0.6 is 0 Å². The fourth-order valence-corrected chi connectivity index (χ4v) is 2.27. The summed E-state index contributed by atoms with van der Waals surface area (Å²) < 4.78 is 10.1. The zero-order chi connectivity index (χ0) is 14.9. The molecule has 119 valence electrons. The Labute approximate surface area is 125 Å². The minimum atomic E-state index is -0.407. The molecule has 0 aromatic carbocycles. The third-order valence-corrected chi connectivity index (χ3v) is 3.56. The average Bonchev–Trinajstić information content (AvgIpc) is 2.47. The molecule has 1 radical (unpaired) electrons. The van der Waals surface area contributed by atoms with Crippen molar-refractivity contribution < 1.29 is 14.3 Å². The number of unbranched alkanes of at least 4 members (excludes halogenated alkanes) is 10. The third kappa shape index (κ3) is 13.9. The molecule has 3 nitrogen and oxygen atoms in total. The molecule has 0 aromatic heterocycles. The molecule has 0 saturated heterocycles. The zero-order valence-corrected chi connectivity index (χ0v) is 13.5. The minimum absolute atomic E-state index is 0.407. The van der Waals surface area contributed by atoms with Crippen molar-refractivity contribution in [2.24, 2.45) is 0 Å². The molecule has 0 rings (SSSR count). The van der Waals surface area contributed by atoms with E-state index in [4.69, 9.17) is 4.74 Å². The van der Waals surface area contributed by atoms with E-state index >= 15 is 0 Å². The number of hydrogen-bond acceptors (Lipinski definition) is 3. The summed E-state index contributed by atoms with van der Waals surface area (Å²) in [5, 5.41) is 0. The van der Waals surface area contributed by atoms with Gasteiger partial charge in [0.25, 0.3) is 0 Å². The molecule has 0 aliphatic carbocycles. The van der Waals surface area contributed by atoms with Gasteiger partial charge in [-0.25, -0.2) is 4.79 Å². The second kappa shape index (κ2) is 16.5. The van der Waals surface area contributed by atoms with Crippen molar-refractivity contribution in [3.63, 3.8) is 0 Å². The molecule has 1 atom stereocenters. The largest absolute Gasteiger partial charge is 0.427 e. The lowest BCUT2D eigenvalue weighted by atomic mass is 10.1. The maximum Gasteiger partial charge on any atom is 0.419 e. The van der Waals surface area contributed by atoms with Crippen molar-refractivity contribution in [3.05, 3.63) is 0 Å². The fraction of sp³-hybridized carbons (Fsp3) is 0.941. The Bertz CT molecular complexity index is 195. The van der Waals surface area contributed by atoms with Crippen LogP contribution in [0.15, 0.2) is 0 Å². The van der Waals surface area contributed by atoms with Crippen LogP contribution in [0, 0.1) is 0 Å². The third-order valence-electron chi connectivity index (χ3n) is 3.56. The Morgan fingerprint density at radius 2 is 1.30 bits per heavy atom. The Kier molecular flexibility index (Phi) is 16.0. The summed E-state index contributed by atoms with van der Waals surface area (Å²) in [6.45, 7) is 6.31. The average molecular weight is 285 g/mol. The zero-order valence-electron chi connectivity index (χ0n) is 13.5. The maximum atomic E-state index is 10.1.